The molecule has 0 bridgehead atoms. The molecule has 17 heavy (non-hydrogen) atoms. The third-order valence-corrected chi connectivity index (χ3v) is 3.96. The summed E-state index contributed by atoms with van der Waals surface area (Å²) in [6, 6.07) is 9.60. The van der Waals surface area contributed by atoms with E-state index < -0.39 is 0 Å². The summed E-state index contributed by atoms with van der Waals surface area (Å²) in [6.07, 6.45) is 4.96. The highest BCUT2D eigenvalue weighted by Gasteiger charge is 2.21. The maximum atomic E-state index is 6.06. The predicted molar refractivity (Wildman–Crippen MR) is 74.3 cm³/mol. The van der Waals surface area contributed by atoms with E-state index in [1.165, 1.54) is 30.4 Å². The van der Waals surface area contributed by atoms with Gasteiger partial charge in [-0.1, -0.05) is 51.5 Å². The Bertz CT molecular complexity index is 358. The molecule has 1 heteroatoms. The maximum absolute atomic E-state index is 6.06. The van der Waals surface area contributed by atoms with Crippen molar-refractivity contribution < 1.29 is 0 Å². The van der Waals surface area contributed by atoms with Gasteiger partial charge in [-0.25, -0.2) is 0 Å². The van der Waals surface area contributed by atoms with Gasteiger partial charge in [-0.05, 0) is 41.7 Å². The van der Waals surface area contributed by atoms with Gasteiger partial charge in [0.05, 0.1) is 0 Å². The highest BCUT2D eigenvalue weighted by Crippen LogP contribution is 2.33. The van der Waals surface area contributed by atoms with Gasteiger partial charge < -0.3 is 5.73 Å². The first-order chi connectivity index (χ1) is 7.97. The Morgan fingerprint density at radius 1 is 1.06 bits per heavy atom. The van der Waals surface area contributed by atoms with Crippen molar-refractivity contribution in [3.05, 3.63) is 35.4 Å². The van der Waals surface area contributed by atoms with Crippen LogP contribution in [-0.2, 0) is 5.41 Å². The molecule has 1 aromatic rings. The lowest BCUT2D eigenvalue weighted by Gasteiger charge is -2.27. The molecule has 0 spiro atoms. The van der Waals surface area contributed by atoms with E-state index in [1.807, 2.05) is 0 Å². The van der Waals surface area contributed by atoms with Gasteiger partial charge in [-0.2, -0.15) is 0 Å². The summed E-state index contributed by atoms with van der Waals surface area (Å²) in [6.45, 7) is 6.79. The highest BCUT2D eigenvalue weighted by molar-refractivity contribution is 5.29. The van der Waals surface area contributed by atoms with Crippen LogP contribution in [0.25, 0.3) is 0 Å². The minimum atomic E-state index is 0.251. The van der Waals surface area contributed by atoms with Crippen molar-refractivity contribution in [2.45, 2.75) is 63.8 Å². The molecular weight excluding hydrogens is 206 g/mol. The highest BCUT2D eigenvalue weighted by atomic mass is 14.6. The van der Waals surface area contributed by atoms with Crippen molar-refractivity contribution in [2.24, 2.45) is 5.73 Å². The van der Waals surface area contributed by atoms with E-state index in [0.717, 1.165) is 6.42 Å². The van der Waals surface area contributed by atoms with Gasteiger partial charge in [-0.3, -0.25) is 0 Å². The minimum Gasteiger partial charge on any atom is -0.328 e. The summed E-state index contributed by atoms with van der Waals surface area (Å²) in [5.74, 6) is 0.688. The summed E-state index contributed by atoms with van der Waals surface area (Å²) in [5, 5.41) is 0. The molecule has 1 fully saturated rings. The van der Waals surface area contributed by atoms with Crippen molar-refractivity contribution in [3.63, 3.8) is 0 Å². The number of benzene rings is 1. The van der Waals surface area contributed by atoms with E-state index in [1.54, 1.807) is 0 Å². The smallest absolute Gasteiger partial charge is 0.00446 e. The van der Waals surface area contributed by atoms with Gasteiger partial charge in [-0.15, -0.1) is 0 Å². The second kappa shape index (κ2) is 4.81. The lowest BCUT2D eigenvalue weighted by atomic mass is 9.80. The van der Waals surface area contributed by atoms with E-state index in [2.05, 4.69) is 45.0 Å². The SMILES string of the molecule is CC(C)(C)c1ccc(C2CCCC(N)C2)cc1. The van der Waals surface area contributed by atoms with E-state index >= 15 is 0 Å². The van der Waals surface area contributed by atoms with Gasteiger partial charge in [0.1, 0.15) is 0 Å². The van der Waals surface area contributed by atoms with Crippen molar-refractivity contribution in [3.8, 4) is 0 Å². The topological polar surface area (TPSA) is 26.0 Å². The van der Waals surface area contributed by atoms with E-state index in [9.17, 15) is 0 Å². The van der Waals surface area contributed by atoms with Gasteiger partial charge in [0.15, 0.2) is 0 Å². The zero-order valence-electron chi connectivity index (χ0n) is 11.4. The Morgan fingerprint density at radius 2 is 1.71 bits per heavy atom. The fourth-order valence-electron chi connectivity index (χ4n) is 2.79. The van der Waals surface area contributed by atoms with Crippen molar-refractivity contribution in [2.75, 3.05) is 0 Å². The summed E-state index contributed by atoms with van der Waals surface area (Å²) in [4.78, 5) is 0. The van der Waals surface area contributed by atoms with Crippen LogP contribution < -0.4 is 5.73 Å². The molecule has 0 amide bonds. The molecule has 2 atom stereocenters. The molecule has 94 valence electrons. The first-order valence-electron chi connectivity index (χ1n) is 6.83. The first kappa shape index (κ1) is 12.6. The molecule has 2 rings (SSSR count). The molecule has 2 N–H and O–H groups in total. The molecule has 0 aliphatic heterocycles. The standard InChI is InChI=1S/C16H25N/c1-16(2,3)14-9-7-12(8-10-14)13-5-4-6-15(17)11-13/h7-10,13,15H,4-6,11,17H2,1-3H3. The average molecular weight is 231 g/mol. The van der Waals surface area contributed by atoms with Crippen LogP contribution in [0.5, 0.6) is 0 Å². The van der Waals surface area contributed by atoms with Crippen molar-refractivity contribution in [1.82, 2.24) is 0 Å². The Morgan fingerprint density at radius 3 is 2.24 bits per heavy atom. The molecule has 0 aromatic heterocycles. The Labute approximate surface area is 105 Å². The van der Waals surface area contributed by atoms with E-state index in [4.69, 9.17) is 5.73 Å². The van der Waals surface area contributed by atoms with Gasteiger partial charge in [0.25, 0.3) is 0 Å². The molecule has 1 aliphatic carbocycles. The Balaban J connectivity index is 2.12. The summed E-state index contributed by atoms with van der Waals surface area (Å²) >= 11 is 0. The van der Waals surface area contributed by atoms with Crippen LogP contribution in [0.15, 0.2) is 24.3 Å². The van der Waals surface area contributed by atoms with E-state index in [0.29, 0.717) is 12.0 Å². The lowest BCUT2D eigenvalue weighted by Crippen LogP contribution is -2.26. The fourth-order valence-corrected chi connectivity index (χ4v) is 2.79. The van der Waals surface area contributed by atoms with Gasteiger partial charge in [0.2, 0.25) is 0 Å². The normalized spacial score (nSPS) is 25.9. The van der Waals surface area contributed by atoms with Crippen molar-refractivity contribution >= 4 is 0 Å². The van der Waals surface area contributed by atoms with Crippen LogP contribution in [0.2, 0.25) is 0 Å². The van der Waals surface area contributed by atoms with Crippen LogP contribution in [0.4, 0.5) is 0 Å². The summed E-state index contributed by atoms with van der Waals surface area (Å²) < 4.78 is 0. The van der Waals surface area contributed by atoms with Crippen LogP contribution in [0, 0.1) is 0 Å². The zero-order valence-corrected chi connectivity index (χ0v) is 11.4. The number of nitrogens with two attached hydrogens (primary N) is 1. The fraction of sp³-hybridized carbons (Fsp3) is 0.625. The van der Waals surface area contributed by atoms with E-state index in [-0.39, 0.29) is 5.41 Å². The second-order valence-electron chi connectivity index (χ2n) is 6.50. The van der Waals surface area contributed by atoms with Crippen molar-refractivity contribution in [1.29, 1.82) is 0 Å². The largest absolute Gasteiger partial charge is 0.328 e. The Kier molecular flexibility index (Phi) is 3.58. The molecule has 1 aromatic carbocycles. The number of rotatable bonds is 1. The molecule has 0 heterocycles. The molecule has 0 radical (unpaired) electrons. The van der Waals surface area contributed by atoms with Gasteiger partial charge in [0, 0.05) is 6.04 Å². The zero-order chi connectivity index (χ0) is 12.5. The summed E-state index contributed by atoms with van der Waals surface area (Å²) in [7, 11) is 0. The van der Waals surface area contributed by atoms with Gasteiger partial charge >= 0.3 is 0 Å². The maximum Gasteiger partial charge on any atom is 0.00446 e. The number of hydrogen-bond donors (Lipinski definition) is 1. The molecule has 1 saturated carbocycles. The van der Waals surface area contributed by atoms with Crippen LogP contribution in [-0.4, -0.2) is 6.04 Å². The molecular formula is C16H25N. The molecule has 2 unspecified atom stereocenters. The van der Waals surface area contributed by atoms with Crippen LogP contribution >= 0.6 is 0 Å². The molecule has 0 saturated heterocycles. The first-order valence-corrected chi connectivity index (χ1v) is 6.83. The quantitative estimate of drug-likeness (QED) is 0.777. The van der Waals surface area contributed by atoms with Crippen LogP contribution in [0.3, 0.4) is 0 Å². The predicted octanol–water partition coefficient (Wildman–Crippen LogP) is 3.97. The lowest BCUT2D eigenvalue weighted by molar-refractivity contribution is 0.393. The second-order valence-corrected chi connectivity index (χ2v) is 6.50. The van der Waals surface area contributed by atoms with Crippen LogP contribution in [0.1, 0.15) is 63.5 Å². The molecule has 1 nitrogen and oxygen atoms in total. The third-order valence-electron chi connectivity index (χ3n) is 3.96. The third kappa shape index (κ3) is 3.10. The minimum absolute atomic E-state index is 0.251. The average Bonchev–Trinajstić information content (AvgIpc) is 2.28. The molecule has 1 aliphatic rings. The summed E-state index contributed by atoms with van der Waals surface area (Å²) in [5.41, 5.74) is 9.21. The Hall–Kier alpha value is -0.820. The monoisotopic (exact) mass is 231 g/mol. The number of hydrogen-bond acceptors (Lipinski definition) is 1.